The number of methoxy groups -OCH3 is 1. The lowest BCUT2D eigenvalue weighted by Crippen LogP contribution is -2.38. The zero-order chi connectivity index (χ0) is 20.1. The van der Waals surface area contributed by atoms with Crippen molar-refractivity contribution in [3.8, 4) is 23.0 Å². The Morgan fingerprint density at radius 2 is 1.86 bits per heavy atom. The Morgan fingerprint density at radius 1 is 1.03 bits per heavy atom. The number of para-hydroxylation sites is 1. The lowest BCUT2D eigenvalue weighted by atomic mass is 10.2. The lowest BCUT2D eigenvalue weighted by Gasteiger charge is -2.26. The average Bonchev–Trinajstić information content (AvgIpc) is 2.76. The second-order valence-corrected chi connectivity index (χ2v) is 6.66. The SMILES string of the molecule is COc1cc2c(Oc3ccccc3F)ccnc2cc1OCCN1CCOCC1. The first-order valence-electron chi connectivity index (χ1n) is 9.56. The highest BCUT2D eigenvalue weighted by molar-refractivity contribution is 5.88. The number of hydrogen-bond donors (Lipinski definition) is 0. The van der Waals surface area contributed by atoms with Crippen molar-refractivity contribution in [3.05, 3.63) is 54.5 Å². The van der Waals surface area contributed by atoms with Crippen molar-refractivity contribution in [1.29, 1.82) is 0 Å². The number of hydrogen-bond acceptors (Lipinski definition) is 6. The molecule has 3 aromatic rings. The second-order valence-electron chi connectivity index (χ2n) is 6.66. The number of aromatic nitrogens is 1. The molecule has 1 fully saturated rings. The first-order chi connectivity index (χ1) is 14.2. The highest BCUT2D eigenvalue weighted by atomic mass is 19.1. The molecule has 2 aromatic carbocycles. The molecule has 1 aliphatic heterocycles. The molecule has 152 valence electrons. The normalized spacial score (nSPS) is 14.7. The molecule has 0 amide bonds. The molecule has 7 heteroatoms. The monoisotopic (exact) mass is 398 g/mol. The quantitative estimate of drug-likeness (QED) is 0.602. The van der Waals surface area contributed by atoms with Gasteiger partial charge in [0.15, 0.2) is 23.1 Å². The molecule has 29 heavy (non-hydrogen) atoms. The van der Waals surface area contributed by atoms with Crippen molar-refractivity contribution in [2.45, 2.75) is 0 Å². The van der Waals surface area contributed by atoms with Crippen LogP contribution in [0.4, 0.5) is 4.39 Å². The van der Waals surface area contributed by atoms with Gasteiger partial charge in [0.05, 0.1) is 25.8 Å². The molecule has 0 radical (unpaired) electrons. The predicted molar refractivity (Wildman–Crippen MR) is 108 cm³/mol. The van der Waals surface area contributed by atoms with E-state index in [1.54, 1.807) is 37.6 Å². The molecule has 0 aliphatic carbocycles. The summed E-state index contributed by atoms with van der Waals surface area (Å²) in [4.78, 5) is 6.70. The van der Waals surface area contributed by atoms with Gasteiger partial charge in [-0.1, -0.05) is 12.1 Å². The Hall–Kier alpha value is -2.90. The van der Waals surface area contributed by atoms with Gasteiger partial charge in [0.25, 0.3) is 0 Å². The van der Waals surface area contributed by atoms with Crippen LogP contribution >= 0.6 is 0 Å². The van der Waals surface area contributed by atoms with Crippen molar-refractivity contribution in [2.75, 3.05) is 46.6 Å². The van der Waals surface area contributed by atoms with Crippen LogP contribution in [0.3, 0.4) is 0 Å². The van der Waals surface area contributed by atoms with Gasteiger partial charge in [-0.15, -0.1) is 0 Å². The Morgan fingerprint density at radius 3 is 2.66 bits per heavy atom. The summed E-state index contributed by atoms with van der Waals surface area (Å²) in [7, 11) is 1.59. The summed E-state index contributed by atoms with van der Waals surface area (Å²) in [6, 6.07) is 11.6. The molecule has 0 bridgehead atoms. The van der Waals surface area contributed by atoms with Gasteiger partial charge in [-0.05, 0) is 24.3 Å². The largest absolute Gasteiger partial charge is 0.493 e. The maximum absolute atomic E-state index is 14.0. The Labute approximate surface area is 168 Å². The van der Waals surface area contributed by atoms with Gasteiger partial charge in [-0.2, -0.15) is 0 Å². The van der Waals surface area contributed by atoms with Gasteiger partial charge in [0.1, 0.15) is 12.4 Å². The first kappa shape index (κ1) is 19.4. The number of rotatable bonds is 7. The lowest BCUT2D eigenvalue weighted by molar-refractivity contribution is 0.0321. The third kappa shape index (κ3) is 4.58. The van der Waals surface area contributed by atoms with E-state index < -0.39 is 5.82 Å². The Kier molecular flexibility index (Phi) is 6.07. The van der Waals surface area contributed by atoms with E-state index in [1.807, 2.05) is 12.1 Å². The van der Waals surface area contributed by atoms with Crippen molar-refractivity contribution >= 4 is 10.9 Å². The number of pyridine rings is 1. The fraction of sp³-hybridized carbons (Fsp3) is 0.318. The van der Waals surface area contributed by atoms with Gasteiger partial charge in [0.2, 0.25) is 0 Å². The summed E-state index contributed by atoms with van der Waals surface area (Å²) in [5.74, 6) is 1.42. The van der Waals surface area contributed by atoms with E-state index in [-0.39, 0.29) is 5.75 Å². The highest BCUT2D eigenvalue weighted by Crippen LogP contribution is 2.37. The van der Waals surface area contributed by atoms with Crippen LogP contribution in [0.15, 0.2) is 48.7 Å². The third-order valence-corrected chi connectivity index (χ3v) is 4.81. The minimum Gasteiger partial charge on any atom is -0.493 e. The number of benzene rings is 2. The molecule has 4 rings (SSSR count). The summed E-state index contributed by atoms with van der Waals surface area (Å²) in [5.41, 5.74) is 0.681. The van der Waals surface area contributed by atoms with Crippen LogP contribution in [-0.2, 0) is 4.74 Å². The molecule has 1 aromatic heterocycles. The summed E-state index contributed by atoms with van der Waals surface area (Å²) < 4.78 is 36.6. The summed E-state index contributed by atoms with van der Waals surface area (Å²) in [6.45, 7) is 4.69. The van der Waals surface area contributed by atoms with Crippen LogP contribution < -0.4 is 14.2 Å². The van der Waals surface area contributed by atoms with Crippen molar-refractivity contribution in [3.63, 3.8) is 0 Å². The highest BCUT2D eigenvalue weighted by Gasteiger charge is 2.14. The summed E-state index contributed by atoms with van der Waals surface area (Å²) in [6.07, 6.45) is 1.63. The molecule has 0 saturated carbocycles. The minimum absolute atomic E-state index is 0.157. The molecule has 6 nitrogen and oxygen atoms in total. The third-order valence-electron chi connectivity index (χ3n) is 4.81. The zero-order valence-electron chi connectivity index (χ0n) is 16.3. The van der Waals surface area contributed by atoms with Gasteiger partial charge in [-0.3, -0.25) is 9.88 Å². The van der Waals surface area contributed by atoms with Gasteiger partial charge < -0.3 is 18.9 Å². The summed E-state index contributed by atoms with van der Waals surface area (Å²) in [5, 5.41) is 0.716. The molecule has 1 saturated heterocycles. The number of ether oxygens (including phenoxy) is 4. The van der Waals surface area contributed by atoms with Crippen molar-refractivity contribution in [2.24, 2.45) is 0 Å². The standard InChI is InChI=1S/C22H23FN2O4/c1-26-21-14-16-18(15-22(21)28-13-10-25-8-11-27-12-9-25)24-7-6-19(16)29-20-5-3-2-4-17(20)23/h2-7,14-15H,8-13H2,1H3. The zero-order valence-corrected chi connectivity index (χ0v) is 16.3. The van der Waals surface area contributed by atoms with E-state index in [4.69, 9.17) is 18.9 Å². The van der Waals surface area contributed by atoms with E-state index in [1.165, 1.54) is 6.07 Å². The van der Waals surface area contributed by atoms with Crippen LogP contribution in [0.1, 0.15) is 0 Å². The number of nitrogens with zero attached hydrogens (tertiary/aromatic N) is 2. The predicted octanol–water partition coefficient (Wildman–Crippen LogP) is 3.89. The molecular weight excluding hydrogens is 375 g/mol. The molecule has 0 unspecified atom stereocenters. The average molecular weight is 398 g/mol. The fourth-order valence-electron chi connectivity index (χ4n) is 3.25. The molecule has 0 spiro atoms. The van der Waals surface area contributed by atoms with Crippen LogP contribution in [0, 0.1) is 5.82 Å². The molecule has 1 aliphatic rings. The van der Waals surface area contributed by atoms with Gasteiger partial charge in [0, 0.05) is 37.3 Å². The van der Waals surface area contributed by atoms with Crippen molar-refractivity contribution in [1.82, 2.24) is 9.88 Å². The topological polar surface area (TPSA) is 53.0 Å². The maximum atomic E-state index is 14.0. The Balaban J connectivity index is 1.55. The van der Waals surface area contributed by atoms with Gasteiger partial charge >= 0.3 is 0 Å². The van der Waals surface area contributed by atoms with Crippen LogP contribution in [-0.4, -0.2) is 56.4 Å². The van der Waals surface area contributed by atoms with Crippen LogP contribution in [0.25, 0.3) is 10.9 Å². The van der Waals surface area contributed by atoms with E-state index in [9.17, 15) is 4.39 Å². The van der Waals surface area contributed by atoms with Crippen LogP contribution in [0.2, 0.25) is 0 Å². The molecule has 0 N–H and O–H groups in total. The van der Waals surface area contributed by atoms with E-state index in [0.29, 0.717) is 34.8 Å². The summed E-state index contributed by atoms with van der Waals surface area (Å²) >= 11 is 0. The number of morpholine rings is 1. The van der Waals surface area contributed by atoms with E-state index >= 15 is 0 Å². The number of fused-ring (bicyclic) bond motifs is 1. The van der Waals surface area contributed by atoms with Gasteiger partial charge in [-0.25, -0.2) is 4.39 Å². The fourth-order valence-corrected chi connectivity index (χ4v) is 3.25. The van der Waals surface area contributed by atoms with E-state index in [2.05, 4.69) is 9.88 Å². The Bertz CT molecular complexity index is 976. The first-order valence-corrected chi connectivity index (χ1v) is 9.56. The molecule has 2 heterocycles. The smallest absolute Gasteiger partial charge is 0.165 e. The molecular formula is C22H23FN2O4. The van der Waals surface area contributed by atoms with Crippen LogP contribution in [0.5, 0.6) is 23.0 Å². The minimum atomic E-state index is -0.424. The maximum Gasteiger partial charge on any atom is 0.165 e. The van der Waals surface area contributed by atoms with E-state index in [0.717, 1.165) is 32.8 Å². The van der Waals surface area contributed by atoms with Crippen molar-refractivity contribution < 1.29 is 23.3 Å². The molecule has 0 atom stereocenters. The number of halogens is 1. The second kappa shape index (κ2) is 9.07.